The SMILES string of the molecule is CCN(CC)c1ccc(CNC)nn1. The van der Waals surface area contributed by atoms with Gasteiger partial charge < -0.3 is 10.2 Å². The van der Waals surface area contributed by atoms with Gasteiger partial charge in [-0.3, -0.25) is 0 Å². The van der Waals surface area contributed by atoms with Gasteiger partial charge in [-0.05, 0) is 33.0 Å². The van der Waals surface area contributed by atoms with E-state index < -0.39 is 0 Å². The lowest BCUT2D eigenvalue weighted by atomic mass is 10.3. The number of aromatic nitrogens is 2. The molecule has 1 aromatic heterocycles. The highest BCUT2D eigenvalue weighted by atomic mass is 15.3. The zero-order chi connectivity index (χ0) is 10.4. The average Bonchev–Trinajstić information content (AvgIpc) is 2.23. The highest BCUT2D eigenvalue weighted by molar-refractivity contribution is 5.36. The third-order valence-corrected chi connectivity index (χ3v) is 2.15. The van der Waals surface area contributed by atoms with Crippen LogP contribution in [0.3, 0.4) is 0 Å². The molecule has 0 bridgehead atoms. The molecular formula is C10H18N4. The Morgan fingerprint density at radius 2 is 1.93 bits per heavy atom. The summed E-state index contributed by atoms with van der Waals surface area (Å²) in [6.45, 7) is 6.94. The Kier molecular flexibility index (Phi) is 4.32. The normalized spacial score (nSPS) is 10.2. The minimum absolute atomic E-state index is 0.769. The van der Waals surface area contributed by atoms with Crippen molar-refractivity contribution in [3.05, 3.63) is 17.8 Å². The summed E-state index contributed by atoms with van der Waals surface area (Å²) in [5.41, 5.74) is 0.975. The largest absolute Gasteiger partial charge is 0.356 e. The lowest BCUT2D eigenvalue weighted by molar-refractivity contribution is 0.754. The van der Waals surface area contributed by atoms with Gasteiger partial charge in [-0.2, -0.15) is 5.10 Å². The lowest BCUT2D eigenvalue weighted by Crippen LogP contribution is -2.23. The van der Waals surface area contributed by atoms with Gasteiger partial charge in [-0.25, -0.2) is 0 Å². The van der Waals surface area contributed by atoms with Crippen molar-refractivity contribution in [3.8, 4) is 0 Å². The van der Waals surface area contributed by atoms with Gasteiger partial charge >= 0.3 is 0 Å². The van der Waals surface area contributed by atoms with Gasteiger partial charge in [-0.15, -0.1) is 5.10 Å². The van der Waals surface area contributed by atoms with Crippen LogP contribution in [0.25, 0.3) is 0 Å². The smallest absolute Gasteiger partial charge is 0.151 e. The first-order chi connectivity index (χ1) is 6.81. The molecule has 0 aliphatic heterocycles. The van der Waals surface area contributed by atoms with Gasteiger partial charge in [0.15, 0.2) is 5.82 Å². The number of rotatable bonds is 5. The van der Waals surface area contributed by atoms with Crippen LogP contribution in [0.5, 0.6) is 0 Å². The van der Waals surface area contributed by atoms with Gasteiger partial charge in [0.1, 0.15) is 0 Å². The molecule has 0 aliphatic carbocycles. The highest BCUT2D eigenvalue weighted by Crippen LogP contribution is 2.08. The predicted octanol–water partition coefficient (Wildman–Crippen LogP) is 1.04. The topological polar surface area (TPSA) is 41.0 Å². The Labute approximate surface area is 85.3 Å². The molecule has 1 N–H and O–H groups in total. The minimum Gasteiger partial charge on any atom is -0.356 e. The van der Waals surface area contributed by atoms with Crippen molar-refractivity contribution < 1.29 is 0 Å². The van der Waals surface area contributed by atoms with Gasteiger partial charge in [0.05, 0.1) is 5.69 Å². The maximum atomic E-state index is 4.18. The fraction of sp³-hybridized carbons (Fsp3) is 0.600. The molecule has 0 radical (unpaired) electrons. The molecule has 0 atom stereocenters. The first kappa shape index (κ1) is 10.9. The fourth-order valence-electron chi connectivity index (χ4n) is 1.34. The molecule has 0 aromatic carbocycles. The molecule has 0 spiro atoms. The van der Waals surface area contributed by atoms with E-state index in [0.29, 0.717) is 0 Å². The Hall–Kier alpha value is -1.16. The molecule has 1 heterocycles. The van der Waals surface area contributed by atoms with E-state index in [-0.39, 0.29) is 0 Å². The number of nitrogens with one attached hydrogen (secondary N) is 1. The van der Waals surface area contributed by atoms with Crippen LogP contribution in [0.4, 0.5) is 5.82 Å². The third kappa shape index (κ3) is 2.67. The summed E-state index contributed by atoms with van der Waals surface area (Å²) in [5.74, 6) is 0.954. The van der Waals surface area contributed by atoms with Crippen molar-refractivity contribution in [1.29, 1.82) is 0 Å². The van der Waals surface area contributed by atoms with Crippen LogP contribution in [-0.4, -0.2) is 30.3 Å². The average molecular weight is 194 g/mol. The zero-order valence-electron chi connectivity index (χ0n) is 9.12. The summed E-state index contributed by atoms with van der Waals surface area (Å²) in [6, 6.07) is 4.03. The van der Waals surface area contributed by atoms with Crippen molar-refractivity contribution in [2.24, 2.45) is 0 Å². The summed E-state index contributed by atoms with van der Waals surface area (Å²) < 4.78 is 0. The molecule has 4 nitrogen and oxygen atoms in total. The second-order valence-electron chi connectivity index (χ2n) is 3.09. The third-order valence-electron chi connectivity index (χ3n) is 2.15. The summed E-state index contributed by atoms with van der Waals surface area (Å²) in [7, 11) is 1.90. The first-order valence-corrected chi connectivity index (χ1v) is 5.04. The van der Waals surface area contributed by atoms with Gasteiger partial charge in [0.2, 0.25) is 0 Å². The van der Waals surface area contributed by atoms with E-state index in [9.17, 15) is 0 Å². The summed E-state index contributed by atoms with van der Waals surface area (Å²) in [6.07, 6.45) is 0. The van der Waals surface area contributed by atoms with Crippen molar-refractivity contribution in [2.45, 2.75) is 20.4 Å². The molecule has 78 valence electrons. The van der Waals surface area contributed by atoms with E-state index in [1.54, 1.807) is 0 Å². The number of hydrogen-bond acceptors (Lipinski definition) is 4. The van der Waals surface area contributed by atoms with Crippen LogP contribution in [0.1, 0.15) is 19.5 Å². The standard InChI is InChI=1S/C10H18N4/c1-4-14(5-2)10-7-6-9(8-11-3)12-13-10/h6-7,11H,4-5,8H2,1-3H3. The summed E-state index contributed by atoms with van der Waals surface area (Å²) in [4.78, 5) is 2.18. The van der Waals surface area contributed by atoms with Crippen LogP contribution in [0.2, 0.25) is 0 Å². The van der Waals surface area contributed by atoms with Gasteiger partial charge in [0, 0.05) is 19.6 Å². The molecule has 4 heteroatoms. The van der Waals surface area contributed by atoms with E-state index in [0.717, 1.165) is 31.1 Å². The van der Waals surface area contributed by atoms with E-state index >= 15 is 0 Å². The van der Waals surface area contributed by atoms with Gasteiger partial charge in [-0.1, -0.05) is 0 Å². The second-order valence-corrected chi connectivity index (χ2v) is 3.09. The number of nitrogens with zero attached hydrogens (tertiary/aromatic N) is 3. The monoisotopic (exact) mass is 194 g/mol. The number of anilines is 1. The van der Waals surface area contributed by atoms with Crippen molar-refractivity contribution in [1.82, 2.24) is 15.5 Å². The molecule has 0 saturated heterocycles. The Morgan fingerprint density at radius 1 is 1.21 bits per heavy atom. The molecule has 0 fully saturated rings. The zero-order valence-corrected chi connectivity index (χ0v) is 9.12. The molecule has 0 saturated carbocycles. The fourth-order valence-corrected chi connectivity index (χ4v) is 1.34. The van der Waals surface area contributed by atoms with E-state index in [1.165, 1.54) is 0 Å². The Bertz CT molecular complexity index is 253. The van der Waals surface area contributed by atoms with Crippen LogP contribution < -0.4 is 10.2 Å². The van der Waals surface area contributed by atoms with Gasteiger partial charge in [0.25, 0.3) is 0 Å². The molecule has 0 unspecified atom stereocenters. The van der Waals surface area contributed by atoms with Crippen LogP contribution in [0, 0.1) is 0 Å². The van der Waals surface area contributed by atoms with Crippen molar-refractivity contribution in [2.75, 3.05) is 25.0 Å². The lowest BCUT2D eigenvalue weighted by Gasteiger charge is -2.18. The summed E-state index contributed by atoms with van der Waals surface area (Å²) >= 11 is 0. The second kappa shape index (κ2) is 5.54. The Balaban J connectivity index is 2.71. The van der Waals surface area contributed by atoms with E-state index in [2.05, 4.69) is 34.3 Å². The molecule has 0 aliphatic rings. The molecule has 14 heavy (non-hydrogen) atoms. The maximum absolute atomic E-state index is 4.18. The van der Waals surface area contributed by atoms with E-state index in [4.69, 9.17) is 0 Å². The quantitative estimate of drug-likeness (QED) is 0.760. The van der Waals surface area contributed by atoms with Crippen LogP contribution in [0.15, 0.2) is 12.1 Å². The first-order valence-electron chi connectivity index (χ1n) is 5.04. The van der Waals surface area contributed by atoms with Crippen molar-refractivity contribution in [3.63, 3.8) is 0 Å². The van der Waals surface area contributed by atoms with Crippen LogP contribution >= 0.6 is 0 Å². The van der Waals surface area contributed by atoms with E-state index in [1.807, 2.05) is 19.2 Å². The minimum atomic E-state index is 0.769. The number of hydrogen-bond donors (Lipinski definition) is 1. The molecule has 1 rings (SSSR count). The molecular weight excluding hydrogens is 176 g/mol. The molecule has 0 amide bonds. The maximum Gasteiger partial charge on any atom is 0.151 e. The highest BCUT2D eigenvalue weighted by Gasteiger charge is 2.03. The van der Waals surface area contributed by atoms with Crippen molar-refractivity contribution >= 4 is 5.82 Å². The Morgan fingerprint density at radius 3 is 2.36 bits per heavy atom. The predicted molar refractivity (Wildman–Crippen MR) is 58.4 cm³/mol. The van der Waals surface area contributed by atoms with Crippen LogP contribution in [-0.2, 0) is 6.54 Å². The summed E-state index contributed by atoms with van der Waals surface area (Å²) in [5, 5.41) is 11.4. The molecule has 1 aromatic rings.